The Kier molecular flexibility index (Phi) is 5.57. The third kappa shape index (κ3) is 3.86. The molecule has 0 spiro atoms. The molecule has 0 saturated heterocycles. The molecule has 0 unspecified atom stereocenters. The van der Waals surface area contributed by atoms with Gasteiger partial charge in [0.2, 0.25) is 0 Å². The highest BCUT2D eigenvalue weighted by Gasteiger charge is 2.37. The molecule has 0 aliphatic rings. The minimum absolute atomic E-state index is 0.106. The summed E-state index contributed by atoms with van der Waals surface area (Å²) in [7, 11) is 1.57. The molecule has 0 aliphatic heterocycles. The number of ether oxygens (including phenoxy) is 1. The largest absolute Gasteiger partial charge is 0.507 e. The predicted molar refractivity (Wildman–Crippen MR) is 108 cm³/mol. The predicted octanol–water partition coefficient (Wildman–Crippen LogP) is 4.14. The molecule has 0 aromatic heterocycles. The Morgan fingerprint density at radius 1 is 0.926 bits per heavy atom. The lowest BCUT2D eigenvalue weighted by Gasteiger charge is -2.33. The van der Waals surface area contributed by atoms with Crippen molar-refractivity contribution in [2.45, 2.75) is 18.6 Å². The summed E-state index contributed by atoms with van der Waals surface area (Å²) in [6, 6.07) is 23.4. The molecule has 138 valence electrons. The van der Waals surface area contributed by atoms with Gasteiger partial charge in [-0.05, 0) is 36.2 Å². The highest BCUT2D eigenvalue weighted by molar-refractivity contribution is 5.84. The fourth-order valence-electron chi connectivity index (χ4n) is 3.10. The molecule has 1 atom stereocenters. The average Bonchev–Trinajstić information content (AvgIpc) is 2.73. The first-order chi connectivity index (χ1) is 13.1. The molecule has 4 nitrogen and oxygen atoms in total. The van der Waals surface area contributed by atoms with Crippen LogP contribution in [-0.4, -0.2) is 29.6 Å². The molecule has 0 aliphatic carbocycles. The number of hydrogen-bond donors (Lipinski definition) is 2. The lowest BCUT2D eigenvalue weighted by molar-refractivity contribution is 0.0589. The van der Waals surface area contributed by atoms with Crippen molar-refractivity contribution in [3.8, 4) is 11.5 Å². The van der Waals surface area contributed by atoms with Crippen LogP contribution in [0, 0.1) is 0 Å². The van der Waals surface area contributed by atoms with E-state index in [1.165, 1.54) is 0 Å². The molecule has 0 saturated carbocycles. The number of methoxy groups -OCH3 is 1. The van der Waals surface area contributed by atoms with E-state index in [-0.39, 0.29) is 5.75 Å². The van der Waals surface area contributed by atoms with Crippen molar-refractivity contribution in [2.75, 3.05) is 7.11 Å². The summed E-state index contributed by atoms with van der Waals surface area (Å²) >= 11 is 0. The maximum absolute atomic E-state index is 11.7. The minimum atomic E-state index is -1.30. The second kappa shape index (κ2) is 8.06. The number of rotatable bonds is 6. The van der Waals surface area contributed by atoms with E-state index in [0.29, 0.717) is 11.3 Å². The van der Waals surface area contributed by atoms with Gasteiger partial charge in [0.1, 0.15) is 17.1 Å². The Morgan fingerprint density at radius 3 is 2.00 bits per heavy atom. The summed E-state index contributed by atoms with van der Waals surface area (Å²) in [5.41, 5.74) is 0.754. The van der Waals surface area contributed by atoms with E-state index in [0.717, 1.165) is 11.1 Å². The van der Waals surface area contributed by atoms with Crippen molar-refractivity contribution in [3.05, 3.63) is 95.6 Å². The average molecular weight is 361 g/mol. The summed E-state index contributed by atoms with van der Waals surface area (Å²) in [6.07, 6.45) is 1.57. The first-order valence-corrected chi connectivity index (χ1v) is 8.79. The number of benzene rings is 3. The summed E-state index contributed by atoms with van der Waals surface area (Å²) in [5, 5.41) is 21.7. The number of aliphatic hydroxyl groups is 1. The Bertz CT molecular complexity index is 868. The third-order valence-corrected chi connectivity index (χ3v) is 4.70. The summed E-state index contributed by atoms with van der Waals surface area (Å²) in [5.74, 6) is 0.734. The van der Waals surface area contributed by atoms with Gasteiger partial charge in [-0.2, -0.15) is 0 Å². The zero-order valence-electron chi connectivity index (χ0n) is 15.4. The van der Waals surface area contributed by atoms with Crippen LogP contribution in [0.4, 0.5) is 0 Å². The van der Waals surface area contributed by atoms with Crippen molar-refractivity contribution in [1.29, 1.82) is 0 Å². The van der Waals surface area contributed by atoms with Crippen LogP contribution in [0.2, 0.25) is 0 Å². The molecular formula is C23H23NO3. The molecule has 0 radical (unpaired) electrons. The van der Waals surface area contributed by atoms with Gasteiger partial charge in [-0.3, -0.25) is 4.99 Å². The number of aliphatic imine (C=N–C) groups is 1. The molecular weight excluding hydrogens is 338 g/mol. The van der Waals surface area contributed by atoms with Gasteiger partial charge in [-0.1, -0.05) is 60.7 Å². The molecule has 0 heterocycles. The van der Waals surface area contributed by atoms with Crippen LogP contribution >= 0.6 is 0 Å². The molecule has 0 bridgehead atoms. The molecule has 4 heteroatoms. The Labute approximate surface area is 159 Å². The molecule has 0 amide bonds. The van der Waals surface area contributed by atoms with Crippen LogP contribution in [0.1, 0.15) is 23.6 Å². The lowest BCUT2D eigenvalue weighted by Crippen LogP contribution is -2.38. The molecule has 3 aromatic carbocycles. The molecule has 27 heavy (non-hydrogen) atoms. The van der Waals surface area contributed by atoms with Crippen LogP contribution in [0.5, 0.6) is 11.5 Å². The minimum Gasteiger partial charge on any atom is -0.507 e. The van der Waals surface area contributed by atoms with Crippen LogP contribution < -0.4 is 4.74 Å². The second-order valence-corrected chi connectivity index (χ2v) is 6.38. The van der Waals surface area contributed by atoms with E-state index in [4.69, 9.17) is 4.74 Å². The normalized spacial score (nSPS) is 12.9. The van der Waals surface area contributed by atoms with Crippen molar-refractivity contribution in [1.82, 2.24) is 0 Å². The van der Waals surface area contributed by atoms with E-state index in [1.54, 1.807) is 31.5 Å². The van der Waals surface area contributed by atoms with Crippen molar-refractivity contribution in [3.63, 3.8) is 0 Å². The van der Waals surface area contributed by atoms with Crippen molar-refractivity contribution >= 4 is 6.21 Å². The molecule has 2 N–H and O–H groups in total. The van der Waals surface area contributed by atoms with E-state index < -0.39 is 11.6 Å². The van der Waals surface area contributed by atoms with Gasteiger partial charge in [0.15, 0.2) is 0 Å². The highest BCUT2D eigenvalue weighted by atomic mass is 16.5. The molecule has 0 fully saturated rings. The van der Waals surface area contributed by atoms with Gasteiger partial charge >= 0.3 is 0 Å². The van der Waals surface area contributed by atoms with Gasteiger partial charge < -0.3 is 14.9 Å². The van der Waals surface area contributed by atoms with E-state index in [2.05, 4.69) is 4.99 Å². The molecule has 3 aromatic rings. The first-order valence-electron chi connectivity index (χ1n) is 8.79. The highest BCUT2D eigenvalue weighted by Crippen LogP contribution is 2.34. The van der Waals surface area contributed by atoms with Gasteiger partial charge in [0.25, 0.3) is 0 Å². The lowest BCUT2D eigenvalue weighted by atomic mass is 9.81. The fourth-order valence-corrected chi connectivity index (χ4v) is 3.10. The van der Waals surface area contributed by atoms with E-state index >= 15 is 0 Å². The summed E-state index contributed by atoms with van der Waals surface area (Å²) < 4.78 is 5.20. The Balaban J connectivity index is 2.01. The SMILES string of the molecule is COc1ccc(O)c(C=N[C@H](C)C(O)(c2ccccc2)c2ccccc2)c1. The zero-order valence-corrected chi connectivity index (χ0v) is 15.4. The Morgan fingerprint density at radius 2 is 1.48 bits per heavy atom. The van der Waals surface area contributed by atoms with Gasteiger partial charge in [0, 0.05) is 11.8 Å². The maximum Gasteiger partial charge on any atom is 0.137 e. The monoisotopic (exact) mass is 361 g/mol. The number of phenolic OH excluding ortho intramolecular Hbond substituents is 1. The van der Waals surface area contributed by atoms with Crippen molar-refractivity contribution < 1.29 is 14.9 Å². The standard InChI is InChI=1S/C23H23NO3/c1-17(24-16-18-15-21(27-2)13-14-22(18)25)23(26,19-9-5-3-6-10-19)20-11-7-4-8-12-20/h3-17,25-26H,1-2H3/t17-/m1/s1. The second-order valence-electron chi connectivity index (χ2n) is 6.38. The number of hydrogen-bond acceptors (Lipinski definition) is 4. The van der Waals surface area contributed by atoms with Gasteiger partial charge in [-0.15, -0.1) is 0 Å². The third-order valence-electron chi connectivity index (χ3n) is 4.70. The number of phenols is 1. The van der Waals surface area contributed by atoms with Crippen LogP contribution in [0.25, 0.3) is 0 Å². The Hall–Kier alpha value is -3.11. The topological polar surface area (TPSA) is 62.0 Å². The number of nitrogens with zero attached hydrogens (tertiary/aromatic N) is 1. The fraction of sp³-hybridized carbons (Fsp3) is 0.174. The number of aromatic hydroxyl groups is 1. The maximum atomic E-state index is 11.7. The smallest absolute Gasteiger partial charge is 0.137 e. The van der Waals surface area contributed by atoms with Crippen LogP contribution in [0.15, 0.2) is 83.9 Å². The zero-order chi connectivity index (χ0) is 19.3. The van der Waals surface area contributed by atoms with E-state index in [1.807, 2.05) is 67.6 Å². The summed E-state index contributed by atoms with van der Waals surface area (Å²) in [6.45, 7) is 1.85. The molecule has 3 rings (SSSR count). The quantitative estimate of drug-likeness (QED) is 0.649. The van der Waals surface area contributed by atoms with E-state index in [9.17, 15) is 10.2 Å². The van der Waals surface area contributed by atoms with Crippen LogP contribution in [-0.2, 0) is 5.60 Å². The first kappa shape index (κ1) is 18.7. The van der Waals surface area contributed by atoms with Gasteiger partial charge in [0.05, 0.1) is 13.2 Å². The van der Waals surface area contributed by atoms with Crippen molar-refractivity contribution in [2.24, 2.45) is 4.99 Å². The van der Waals surface area contributed by atoms with Gasteiger partial charge in [-0.25, -0.2) is 0 Å². The van der Waals surface area contributed by atoms with Crippen LogP contribution in [0.3, 0.4) is 0 Å². The summed E-state index contributed by atoms with van der Waals surface area (Å²) in [4.78, 5) is 4.56.